The molecule has 0 atom stereocenters. The van der Waals surface area contributed by atoms with Crippen LogP contribution >= 0.6 is 0 Å². The second-order valence-corrected chi connectivity index (χ2v) is 5.12. The second-order valence-electron chi connectivity index (χ2n) is 5.12. The van der Waals surface area contributed by atoms with Gasteiger partial charge in [0.2, 0.25) is 0 Å². The maximum Gasteiger partial charge on any atom is 0.266 e. The fourth-order valence-corrected chi connectivity index (χ4v) is 2.59. The van der Waals surface area contributed by atoms with Crippen LogP contribution in [0.3, 0.4) is 0 Å². The summed E-state index contributed by atoms with van der Waals surface area (Å²) in [7, 11) is 0. The summed E-state index contributed by atoms with van der Waals surface area (Å²) in [6, 6.07) is 10.2. The number of benzene rings is 1. The lowest BCUT2D eigenvalue weighted by Crippen LogP contribution is -2.46. The van der Waals surface area contributed by atoms with Gasteiger partial charge in [0.25, 0.3) is 5.56 Å². The summed E-state index contributed by atoms with van der Waals surface area (Å²) in [4.78, 5) is 15.9. The van der Waals surface area contributed by atoms with E-state index in [2.05, 4.69) is 51.2 Å². The molecule has 1 fully saturated rings. The van der Waals surface area contributed by atoms with Crippen molar-refractivity contribution in [1.82, 2.24) is 10.2 Å². The Hall–Kier alpha value is -2.30. The molecular formula is C15H18N4O. The zero-order chi connectivity index (χ0) is 13.9. The predicted molar refractivity (Wildman–Crippen MR) is 80.5 cm³/mol. The molecule has 1 aliphatic heterocycles. The molecule has 0 saturated carbocycles. The highest BCUT2D eigenvalue weighted by Gasteiger charge is 2.17. The number of piperazine rings is 1. The van der Waals surface area contributed by atoms with Crippen molar-refractivity contribution in [2.75, 3.05) is 36.0 Å². The number of anilines is 2. The third-order valence-corrected chi connectivity index (χ3v) is 3.66. The highest BCUT2D eigenvalue weighted by atomic mass is 16.1. The Labute approximate surface area is 117 Å². The third-order valence-electron chi connectivity index (χ3n) is 3.66. The number of aromatic amines is 1. The Morgan fingerprint density at radius 3 is 2.40 bits per heavy atom. The lowest BCUT2D eigenvalue weighted by atomic mass is 10.2. The van der Waals surface area contributed by atoms with Gasteiger partial charge in [0.1, 0.15) is 0 Å². The molecule has 1 saturated heterocycles. The van der Waals surface area contributed by atoms with Crippen molar-refractivity contribution in [2.45, 2.75) is 6.92 Å². The minimum Gasteiger partial charge on any atom is -0.368 e. The molecule has 1 aliphatic rings. The molecule has 0 radical (unpaired) electrons. The average molecular weight is 270 g/mol. The molecule has 5 nitrogen and oxygen atoms in total. The van der Waals surface area contributed by atoms with Crippen LogP contribution in [0.5, 0.6) is 0 Å². The van der Waals surface area contributed by atoms with Crippen molar-refractivity contribution in [1.29, 1.82) is 0 Å². The van der Waals surface area contributed by atoms with Gasteiger partial charge in [-0.1, -0.05) is 12.1 Å². The van der Waals surface area contributed by atoms with Crippen LogP contribution in [0.25, 0.3) is 0 Å². The highest BCUT2D eigenvalue weighted by Crippen LogP contribution is 2.19. The first kappa shape index (κ1) is 12.7. The van der Waals surface area contributed by atoms with Crippen LogP contribution in [0.15, 0.2) is 41.3 Å². The van der Waals surface area contributed by atoms with Crippen LogP contribution in [0.4, 0.5) is 11.4 Å². The van der Waals surface area contributed by atoms with E-state index in [0.29, 0.717) is 0 Å². The molecule has 1 aromatic heterocycles. The van der Waals surface area contributed by atoms with E-state index >= 15 is 0 Å². The smallest absolute Gasteiger partial charge is 0.266 e. The van der Waals surface area contributed by atoms with E-state index < -0.39 is 0 Å². The Morgan fingerprint density at radius 2 is 1.75 bits per heavy atom. The van der Waals surface area contributed by atoms with E-state index in [1.165, 1.54) is 11.3 Å². The summed E-state index contributed by atoms with van der Waals surface area (Å²) in [5.41, 5.74) is 3.30. The Balaban J connectivity index is 1.69. The Bertz CT molecular complexity index is 644. The number of nitrogens with zero attached hydrogens (tertiary/aromatic N) is 3. The molecule has 0 amide bonds. The summed E-state index contributed by atoms with van der Waals surface area (Å²) in [6.45, 7) is 5.83. The Kier molecular flexibility index (Phi) is 3.41. The van der Waals surface area contributed by atoms with Gasteiger partial charge in [-0.25, -0.2) is 5.10 Å². The summed E-state index contributed by atoms with van der Waals surface area (Å²) in [5.74, 6) is 0. The summed E-state index contributed by atoms with van der Waals surface area (Å²) >= 11 is 0. The van der Waals surface area contributed by atoms with Gasteiger partial charge in [0.15, 0.2) is 0 Å². The highest BCUT2D eigenvalue weighted by molar-refractivity contribution is 5.51. The van der Waals surface area contributed by atoms with E-state index in [9.17, 15) is 4.79 Å². The van der Waals surface area contributed by atoms with Gasteiger partial charge in [-0.3, -0.25) is 4.79 Å². The maximum atomic E-state index is 11.3. The largest absolute Gasteiger partial charge is 0.368 e. The standard InChI is InChI=1S/C15H18N4O/c1-12-3-2-4-13(9-12)18-5-7-19(8-6-18)14-10-15(20)17-16-11-14/h2-4,9-11H,5-8H2,1H3,(H,17,20). The molecule has 0 spiro atoms. The van der Waals surface area contributed by atoms with Crippen molar-refractivity contribution in [3.05, 3.63) is 52.4 Å². The summed E-state index contributed by atoms with van der Waals surface area (Å²) in [6.07, 6.45) is 1.71. The van der Waals surface area contributed by atoms with Crippen LogP contribution in [0.2, 0.25) is 0 Å². The second kappa shape index (κ2) is 5.36. The fourth-order valence-electron chi connectivity index (χ4n) is 2.59. The van der Waals surface area contributed by atoms with Crippen molar-refractivity contribution in [3.63, 3.8) is 0 Å². The third kappa shape index (κ3) is 2.66. The average Bonchev–Trinajstić information content (AvgIpc) is 2.47. The van der Waals surface area contributed by atoms with Crippen LogP contribution in [0, 0.1) is 6.92 Å². The van der Waals surface area contributed by atoms with Gasteiger partial charge in [-0.05, 0) is 24.6 Å². The lowest BCUT2D eigenvalue weighted by molar-refractivity contribution is 0.651. The first-order valence-electron chi connectivity index (χ1n) is 6.84. The van der Waals surface area contributed by atoms with Crippen LogP contribution in [-0.4, -0.2) is 36.4 Å². The fraction of sp³-hybridized carbons (Fsp3) is 0.333. The summed E-state index contributed by atoms with van der Waals surface area (Å²) < 4.78 is 0. The predicted octanol–water partition coefficient (Wildman–Crippen LogP) is 1.40. The van der Waals surface area contributed by atoms with Crippen molar-refractivity contribution >= 4 is 11.4 Å². The number of aromatic nitrogens is 2. The zero-order valence-electron chi connectivity index (χ0n) is 11.5. The summed E-state index contributed by atoms with van der Waals surface area (Å²) in [5, 5.41) is 6.26. The molecule has 0 bridgehead atoms. The van der Waals surface area contributed by atoms with Gasteiger partial charge in [0.05, 0.1) is 11.9 Å². The zero-order valence-corrected chi connectivity index (χ0v) is 11.5. The molecule has 1 N–H and O–H groups in total. The monoisotopic (exact) mass is 270 g/mol. The van der Waals surface area contributed by atoms with Crippen molar-refractivity contribution < 1.29 is 0 Å². The SMILES string of the molecule is Cc1cccc(N2CCN(c3cn[nH]c(=O)c3)CC2)c1. The minimum atomic E-state index is -0.149. The quantitative estimate of drug-likeness (QED) is 0.896. The molecule has 1 aromatic carbocycles. The minimum absolute atomic E-state index is 0.149. The van der Waals surface area contributed by atoms with E-state index in [0.717, 1.165) is 31.9 Å². The van der Waals surface area contributed by atoms with Crippen molar-refractivity contribution in [2.24, 2.45) is 0 Å². The van der Waals surface area contributed by atoms with Crippen LogP contribution in [-0.2, 0) is 0 Å². The van der Waals surface area contributed by atoms with Crippen LogP contribution in [0.1, 0.15) is 5.56 Å². The topological polar surface area (TPSA) is 52.2 Å². The van der Waals surface area contributed by atoms with E-state index in [1.807, 2.05) is 0 Å². The molecule has 2 aromatic rings. The van der Waals surface area contributed by atoms with Gasteiger partial charge in [-0.2, -0.15) is 5.10 Å². The van der Waals surface area contributed by atoms with Crippen molar-refractivity contribution in [3.8, 4) is 0 Å². The molecule has 2 heterocycles. The number of aryl methyl sites for hydroxylation is 1. The number of nitrogens with one attached hydrogen (secondary N) is 1. The molecule has 20 heavy (non-hydrogen) atoms. The van der Waals surface area contributed by atoms with E-state index in [4.69, 9.17) is 0 Å². The first-order valence-corrected chi connectivity index (χ1v) is 6.84. The number of hydrogen-bond donors (Lipinski definition) is 1. The van der Waals surface area contributed by atoms with Crippen LogP contribution < -0.4 is 15.4 Å². The molecule has 0 unspecified atom stereocenters. The number of hydrogen-bond acceptors (Lipinski definition) is 4. The molecule has 5 heteroatoms. The normalized spacial score (nSPS) is 15.4. The van der Waals surface area contributed by atoms with Gasteiger partial charge >= 0.3 is 0 Å². The molecule has 0 aliphatic carbocycles. The van der Waals surface area contributed by atoms with E-state index in [1.54, 1.807) is 12.3 Å². The molecule has 3 rings (SSSR count). The Morgan fingerprint density at radius 1 is 1.05 bits per heavy atom. The molecular weight excluding hydrogens is 252 g/mol. The van der Waals surface area contributed by atoms with Gasteiger partial charge in [0, 0.05) is 37.9 Å². The van der Waals surface area contributed by atoms with Gasteiger partial charge in [-0.15, -0.1) is 0 Å². The molecule has 104 valence electrons. The number of H-pyrrole nitrogens is 1. The first-order chi connectivity index (χ1) is 9.72. The number of rotatable bonds is 2. The maximum absolute atomic E-state index is 11.3. The van der Waals surface area contributed by atoms with Gasteiger partial charge < -0.3 is 9.80 Å². The van der Waals surface area contributed by atoms with E-state index in [-0.39, 0.29) is 5.56 Å². The lowest BCUT2D eigenvalue weighted by Gasteiger charge is -2.37.